The zero-order valence-electron chi connectivity index (χ0n) is 10.3. The van der Waals surface area contributed by atoms with Gasteiger partial charge in [-0.15, -0.1) is 0 Å². The third-order valence-corrected chi connectivity index (χ3v) is 6.25. The van der Waals surface area contributed by atoms with E-state index in [1.807, 2.05) is 0 Å². The fourth-order valence-corrected chi connectivity index (χ4v) is 5.30. The number of rotatable bonds is 3. The van der Waals surface area contributed by atoms with Crippen LogP contribution in [-0.4, -0.2) is 20.5 Å². The van der Waals surface area contributed by atoms with Gasteiger partial charge in [0, 0.05) is 16.6 Å². The van der Waals surface area contributed by atoms with Gasteiger partial charge >= 0.3 is 0 Å². The molecule has 106 valence electrons. The maximum atomic E-state index is 12.4. The van der Waals surface area contributed by atoms with Gasteiger partial charge in [0.1, 0.15) is 4.90 Å². The van der Waals surface area contributed by atoms with E-state index < -0.39 is 10.0 Å². The first-order valence-corrected chi connectivity index (χ1v) is 8.77. The van der Waals surface area contributed by atoms with Gasteiger partial charge in [-0.05, 0) is 53.7 Å². The van der Waals surface area contributed by atoms with Gasteiger partial charge in [-0.2, -0.15) is 0 Å². The number of halogens is 2. The van der Waals surface area contributed by atoms with Crippen molar-refractivity contribution in [3.8, 4) is 0 Å². The van der Waals surface area contributed by atoms with Crippen molar-refractivity contribution in [2.75, 3.05) is 0 Å². The number of sulfonamides is 1. The lowest BCUT2D eigenvalue weighted by Crippen LogP contribution is -2.40. The highest BCUT2D eigenvalue weighted by molar-refractivity contribution is 9.10. The fourth-order valence-electron chi connectivity index (χ4n) is 2.25. The molecule has 1 aliphatic rings. The third kappa shape index (κ3) is 3.70. The summed E-state index contributed by atoms with van der Waals surface area (Å²) in [4.78, 5) is 0.103. The van der Waals surface area contributed by atoms with E-state index in [4.69, 9.17) is 17.3 Å². The number of hydrogen-bond acceptors (Lipinski definition) is 3. The van der Waals surface area contributed by atoms with Crippen molar-refractivity contribution < 1.29 is 8.42 Å². The van der Waals surface area contributed by atoms with Crippen molar-refractivity contribution >= 4 is 37.6 Å². The molecule has 0 saturated heterocycles. The van der Waals surface area contributed by atoms with Gasteiger partial charge in [0.15, 0.2) is 0 Å². The van der Waals surface area contributed by atoms with E-state index in [0.717, 1.165) is 25.7 Å². The van der Waals surface area contributed by atoms with Crippen molar-refractivity contribution in [1.82, 2.24) is 4.72 Å². The molecule has 0 heterocycles. The topological polar surface area (TPSA) is 72.2 Å². The van der Waals surface area contributed by atoms with Gasteiger partial charge in [0.2, 0.25) is 10.0 Å². The molecule has 0 bridgehead atoms. The summed E-state index contributed by atoms with van der Waals surface area (Å²) >= 11 is 9.22. The molecule has 1 aromatic carbocycles. The van der Waals surface area contributed by atoms with Crippen LogP contribution >= 0.6 is 27.5 Å². The van der Waals surface area contributed by atoms with E-state index >= 15 is 0 Å². The summed E-state index contributed by atoms with van der Waals surface area (Å²) in [7, 11) is -3.61. The highest BCUT2D eigenvalue weighted by Gasteiger charge is 2.27. The lowest BCUT2D eigenvalue weighted by atomic mass is 9.93. The fraction of sp³-hybridized carbons (Fsp3) is 0.500. The Kier molecular flexibility index (Phi) is 4.89. The number of benzene rings is 1. The van der Waals surface area contributed by atoms with Crippen LogP contribution in [-0.2, 0) is 10.0 Å². The van der Waals surface area contributed by atoms with Crippen LogP contribution in [0.15, 0.2) is 27.6 Å². The quantitative estimate of drug-likeness (QED) is 0.862. The molecule has 0 aromatic heterocycles. The molecule has 7 heteroatoms. The molecular weight excluding hydrogens is 352 g/mol. The van der Waals surface area contributed by atoms with Crippen LogP contribution in [0, 0.1) is 0 Å². The van der Waals surface area contributed by atoms with Crippen LogP contribution in [0.3, 0.4) is 0 Å². The standard InChI is InChI=1S/C12H16BrClN2O2S/c13-10-2-1-3-11(14)12(10)19(17,18)16-9-6-4-8(15)5-7-9/h1-3,8-9,16H,4-7,15H2. The Bertz CT molecular complexity index is 537. The molecule has 0 spiro atoms. The number of hydrogen-bond donors (Lipinski definition) is 2. The summed E-state index contributed by atoms with van der Waals surface area (Å²) in [6.07, 6.45) is 3.22. The second kappa shape index (κ2) is 6.10. The molecule has 4 nitrogen and oxygen atoms in total. The summed E-state index contributed by atoms with van der Waals surface area (Å²) in [6.45, 7) is 0. The first-order chi connectivity index (χ1) is 8.90. The maximum Gasteiger partial charge on any atom is 0.243 e. The van der Waals surface area contributed by atoms with Crippen LogP contribution in [0.25, 0.3) is 0 Å². The molecule has 0 aliphatic heterocycles. The minimum Gasteiger partial charge on any atom is -0.328 e. The van der Waals surface area contributed by atoms with Gasteiger partial charge in [-0.3, -0.25) is 0 Å². The van der Waals surface area contributed by atoms with Crippen LogP contribution in [0.5, 0.6) is 0 Å². The molecule has 1 aliphatic carbocycles. The molecule has 1 aromatic rings. The van der Waals surface area contributed by atoms with Crippen molar-refractivity contribution in [1.29, 1.82) is 0 Å². The van der Waals surface area contributed by atoms with Crippen molar-refractivity contribution in [3.05, 3.63) is 27.7 Å². The third-order valence-electron chi connectivity index (χ3n) is 3.28. The SMILES string of the molecule is NC1CCC(NS(=O)(=O)c2c(Cl)cccc2Br)CC1. The highest BCUT2D eigenvalue weighted by atomic mass is 79.9. The van der Waals surface area contributed by atoms with Gasteiger partial charge in [0.05, 0.1) is 5.02 Å². The van der Waals surface area contributed by atoms with Crippen molar-refractivity contribution in [3.63, 3.8) is 0 Å². The molecule has 19 heavy (non-hydrogen) atoms. The first kappa shape index (κ1) is 15.3. The summed E-state index contributed by atoms with van der Waals surface area (Å²) in [5.41, 5.74) is 5.81. The van der Waals surface area contributed by atoms with E-state index in [9.17, 15) is 8.42 Å². The molecule has 0 unspecified atom stereocenters. The van der Waals surface area contributed by atoms with E-state index in [0.29, 0.717) is 4.47 Å². The summed E-state index contributed by atoms with van der Waals surface area (Å²) in [5, 5.41) is 0.217. The smallest absolute Gasteiger partial charge is 0.243 e. The molecule has 0 amide bonds. The molecule has 1 fully saturated rings. The monoisotopic (exact) mass is 366 g/mol. The zero-order chi connectivity index (χ0) is 14.0. The van der Waals surface area contributed by atoms with Crippen LogP contribution in [0.1, 0.15) is 25.7 Å². The Morgan fingerprint density at radius 2 is 1.89 bits per heavy atom. The zero-order valence-corrected chi connectivity index (χ0v) is 13.4. The van der Waals surface area contributed by atoms with E-state index in [1.165, 1.54) is 0 Å². The second-order valence-electron chi connectivity index (χ2n) is 4.78. The predicted octanol–water partition coefficient (Wildman–Crippen LogP) is 2.65. The molecule has 0 radical (unpaired) electrons. The Morgan fingerprint density at radius 1 is 1.26 bits per heavy atom. The van der Waals surface area contributed by atoms with Crippen LogP contribution < -0.4 is 10.5 Å². The van der Waals surface area contributed by atoms with Gasteiger partial charge in [-0.1, -0.05) is 17.7 Å². The summed E-state index contributed by atoms with van der Waals surface area (Å²) < 4.78 is 27.9. The van der Waals surface area contributed by atoms with Crippen molar-refractivity contribution in [2.24, 2.45) is 5.73 Å². The average molecular weight is 368 g/mol. The Hall–Kier alpha value is -0.140. The number of nitrogens with one attached hydrogen (secondary N) is 1. The van der Waals surface area contributed by atoms with Crippen LogP contribution in [0.2, 0.25) is 5.02 Å². The first-order valence-electron chi connectivity index (χ1n) is 6.12. The highest BCUT2D eigenvalue weighted by Crippen LogP contribution is 2.30. The Labute approximate surface area is 126 Å². The lowest BCUT2D eigenvalue weighted by molar-refractivity contribution is 0.373. The average Bonchev–Trinajstić information content (AvgIpc) is 2.31. The minimum absolute atomic E-state index is 0.0621. The minimum atomic E-state index is -3.61. The normalized spacial score (nSPS) is 24.4. The molecule has 0 atom stereocenters. The maximum absolute atomic E-state index is 12.4. The van der Waals surface area contributed by atoms with E-state index in [1.54, 1.807) is 18.2 Å². The largest absolute Gasteiger partial charge is 0.328 e. The van der Waals surface area contributed by atoms with Crippen molar-refractivity contribution in [2.45, 2.75) is 42.7 Å². The Morgan fingerprint density at radius 3 is 2.47 bits per heavy atom. The predicted molar refractivity (Wildman–Crippen MR) is 79.7 cm³/mol. The number of nitrogens with two attached hydrogens (primary N) is 1. The van der Waals surface area contributed by atoms with Gasteiger partial charge < -0.3 is 5.73 Å². The van der Waals surface area contributed by atoms with Crippen LogP contribution in [0.4, 0.5) is 0 Å². The molecule has 2 rings (SSSR count). The molecule has 1 saturated carbocycles. The summed E-state index contributed by atoms with van der Waals surface area (Å²) in [5.74, 6) is 0. The molecular formula is C12H16BrClN2O2S. The summed E-state index contributed by atoms with van der Waals surface area (Å²) in [6, 6.07) is 5.06. The van der Waals surface area contributed by atoms with E-state index in [2.05, 4.69) is 20.7 Å². The lowest BCUT2D eigenvalue weighted by Gasteiger charge is -2.26. The molecule has 3 N–H and O–H groups in total. The second-order valence-corrected chi connectivity index (χ2v) is 7.70. The van der Waals surface area contributed by atoms with E-state index in [-0.39, 0.29) is 22.0 Å². The van der Waals surface area contributed by atoms with Gasteiger partial charge in [0.25, 0.3) is 0 Å². The van der Waals surface area contributed by atoms with Gasteiger partial charge in [-0.25, -0.2) is 13.1 Å². The Balaban J connectivity index is 2.19.